The van der Waals surface area contributed by atoms with E-state index in [-0.39, 0.29) is 5.96 Å². The zero-order valence-corrected chi connectivity index (χ0v) is 7.42. The molecule has 0 aromatic carbocycles. The molecule has 86 valence electrons. The highest BCUT2D eigenvalue weighted by Crippen LogP contribution is 1.59. The van der Waals surface area contributed by atoms with E-state index in [4.69, 9.17) is 44.0 Å². The largest absolute Gasteiger partial charge is 0.503 e. The number of carboxylic acid groups (broad SMARTS) is 2. The van der Waals surface area contributed by atoms with E-state index in [0.29, 0.717) is 0 Å². The van der Waals surface area contributed by atoms with Crippen molar-refractivity contribution in [2.75, 3.05) is 0 Å². The van der Waals surface area contributed by atoms with Gasteiger partial charge in [-0.1, -0.05) is 0 Å². The second-order valence-electron chi connectivity index (χ2n) is 1.28. The summed E-state index contributed by atoms with van der Waals surface area (Å²) in [5.74, 6) is 4.42. The van der Waals surface area contributed by atoms with Gasteiger partial charge in [-0.3, -0.25) is 9.11 Å². The van der Waals surface area contributed by atoms with Gasteiger partial charge in [-0.05, 0) is 0 Å². The molecular weight excluding hydrogens is 224 g/mol. The highest BCUT2D eigenvalue weighted by Gasteiger charge is 1.84. The minimum Gasteiger partial charge on any atom is -0.450 e. The smallest absolute Gasteiger partial charge is 0.450 e. The van der Waals surface area contributed by atoms with Crippen LogP contribution in [-0.4, -0.2) is 39.9 Å². The summed E-state index contributed by atoms with van der Waals surface area (Å²) in [6.45, 7) is 0. The van der Waals surface area contributed by atoms with Crippen LogP contribution in [0.15, 0.2) is 5.10 Å². The van der Waals surface area contributed by atoms with Gasteiger partial charge < -0.3 is 27.5 Å². The van der Waals surface area contributed by atoms with E-state index in [2.05, 4.69) is 10.9 Å². The van der Waals surface area contributed by atoms with Crippen molar-refractivity contribution >= 4 is 22.5 Å². The number of hydrazone groups is 1. The lowest BCUT2D eigenvalue weighted by Crippen LogP contribution is -2.23. The van der Waals surface area contributed by atoms with Crippen LogP contribution in [-0.2, 0) is 10.4 Å². The maximum Gasteiger partial charge on any atom is 0.503 e. The zero-order valence-electron chi connectivity index (χ0n) is 6.60. The summed E-state index contributed by atoms with van der Waals surface area (Å²) in [7, 11) is -4.67. The molecule has 0 aliphatic heterocycles. The summed E-state index contributed by atoms with van der Waals surface area (Å²) in [4.78, 5) is 8.56. The van der Waals surface area contributed by atoms with Crippen molar-refractivity contribution < 1.29 is 32.5 Å². The zero-order chi connectivity index (χ0) is 12.4. The Balaban J connectivity index is -0.000000131. The monoisotopic (exact) mass is 234 g/mol. The molecule has 0 heterocycles. The molecule has 0 unspecified atom stereocenters. The van der Waals surface area contributed by atoms with Crippen LogP contribution >= 0.6 is 0 Å². The van der Waals surface area contributed by atoms with Gasteiger partial charge in [0.25, 0.3) is 0 Å². The number of nitrogens with zero attached hydrogens (tertiary/aromatic N) is 1. The predicted octanol–water partition coefficient (Wildman–Crippen LogP) is -2.30. The molecular formula is C2H10N4O7S. The lowest BCUT2D eigenvalue weighted by atomic mass is 11.1. The molecule has 0 aromatic rings. The molecule has 0 aliphatic rings. The van der Waals surface area contributed by atoms with E-state index in [0.717, 1.165) is 0 Å². The van der Waals surface area contributed by atoms with Crippen LogP contribution in [0.4, 0.5) is 4.79 Å². The number of nitrogens with two attached hydrogens (primary N) is 3. The minimum atomic E-state index is -4.67. The Bertz CT molecular complexity index is 253. The summed E-state index contributed by atoms with van der Waals surface area (Å²) in [5.41, 5.74) is 9.39. The van der Waals surface area contributed by atoms with Crippen LogP contribution < -0.4 is 17.3 Å². The molecule has 0 atom stereocenters. The molecule has 12 heteroatoms. The molecule has 11 nitrogen and oxygen atoms in total. The Kier molecular flexibility index (Phi) is 12.0. The van der Waals surface area contributed by atoms with E-state index >= 15 is 0 Å². The molecule has 0 bridgehead atoms. The summed E-state index contributed by atoms with van der Waals surface area (Å²) in [6.07, 6.45) is -1.83. The molecule has 0 aromatic heterocycles. The van der Waals surface area contributed by atoms with Crippen molar-refractivity contribution in [1.29, 1.82) is 0 Å². The molecule has 0 fully saturated rings. The number of hydrogen-bond donors (Lipinski definition) is 7. The van der Waals surface area contributed by atoms with Crippen LogP contribution in [0.3, 0.4) is 0 Å². The fourth-order valence-corrected chi connectivity index (χ4v) is 0. The van der Waals surface area contributed by atoms with Gasteiger partial charge in [0.1, 0.15) is 0 Å². The average Bonchev–Trinajstić information content (AvgIpc) is 1.82. The third kappa shape index (κ3) is 19600. The lowest BCUT2D eigenvalue weighted by Gasteiger charge is -1.76. The molecule has 0 saturated carbocycles. The average molecular weight is 234 g/mol. The van der Waals surface area contributed by atoms with Gasteiger partial charge in [0.05, 0.1) is 0 Å². The van der Waals surface area contributed by atoms with Gasteiger partial charge in [0, 0.05) is 0 Å². The topological polar surface area (TPSA) is 223 Å². The van der Waals surface area contributed by atoms with E-state index in [9.17, 15) is 0 Å². The highest BCUT2D eigenvalue weighted by molar-refractivity contribution is 7.79. The molecule has 0 amide bonds. The fraction of sp³-hybridized carbons (Fsp3) is 0. The predicted molar refractivity (Wildman–Crippen MR) is 44.8 cm³/mol. The first-order chi connectivity index (χ1) is 6.00. The molecule has 0 rings (SSSR count). The summed E-state index contributed by atoms with van der Waals surface area (Å²) in [6, 6.07) is 0. The number of rotatable bonds is 0. The summed E-state index contributed by atoms with van der Waals surface area (Å²) >= 11 is 0. The molecule has 0 saturated heterocycles. The van der Waals surface area contributed by atoms with Crippen LogP contribution in [0.5, 0.6) is 0 Å². The minimum absolute atomic E-state index is 0.0926. The normalized spacial score (nSPS) is 8.14. The SMILES string of the molecule is NN=C(N)N.O=C(O)O.O=S(=O)(O)O. The van der Waals surface area contributed by atoms with Crippen molar-refractivity contribution in [3.05, 3.63) is 0 Å². The third-order valence-corrected chi connectivity index (χ3v) is 0.149. The Hall–Kier alpha value is -1.79. The van der Waals surface area contributed by atoms with Crippen LogP contribution in [0, 0.1) is 0 Å². The quantitative estimate of drug-likeness (QED) is 0.0779. The standard InChI is InChI=1S/CH6N4.CH2O3.H2O4S/c2-1(3)5-4;2-1(3)4;1-5(2,3)4/h4H2,(H4,2,3,5);(H2,2,3,4);(H2,1,2,3,4). The number of carbonyl (C=O) groups is 1. The van der Waals surface area contributed by atoms with Crippen molar-refractivity contribution in [3.63, 3.8) is 0 Å². The fourth-order valence-electron chi connectivity index (χ4n) is 0. The van der Waals surface area contributed by atoms with Gasteiger partial charge in [0.2, 0.25) is 5.96 Å². The summed E-state index contributed by atoms with van der Waals surface area (Å²) < 4.78 is 31.6. The summed E-state index contributed by atoms with van der Waals surface area (Å²) in [5, 5.41) is 16.8. The number of hydrogen-bond acceptors (Lipinski definition) is 5. The van der Waals surface area contributed by atoms with E-state index in [1.54, 1.807) is 0 Å². The Morgan fingerprint density at radius 3 is 1.21 bits per heavy atom. The van der Waals surface area contributed by atoms with Crippen molar-refractivity contribution in [2.45, 2.75) is 0 Å². The second kappa shape index (κ2) is 9.30. The first-order valence-electron chi connectivity index (χ1n) is 2.41. The van der Waals surface area contributed by atoms with Crippen LogP contribution in [0.1, 0.15) is 0 Å². The van der Waals surface area contributed by atoms with Crippen LogP contribution in [0.2, 0.25) is 0 Å². The van der Waals surface area contributed by atoms with Gasteiger partial charge in [-0.2, -0.15) is 8.42 Å². The lowest BCUT2D eigenvalue weighted by molar-refractivity contribution is 0.137. The van der Waals surface area contributed by atoms with Gasteiger partial charge >= 0.3 is 16.6 Å². The Morgan fingerprint density at radius 1 is 1.14 bits per heavy atom. The van der Waals surface area contributed by atoms with Crippen molar-refractivity contribution in [2.24, 2.45) is 22.4 Å². The molecule has 0 radical (unpaired) electrons. The highest BCUT2D eigenvalue weighted by atomic mass is 32.3. The number of guanidine groups is 1. The molecule has 14 heavy (non-hydrogen) atoms. The first-order valence-corrected chi connectivity index (χ1v) is 3.81. The van der Waals surface area contributed by atoms with Crippen LogP contribution in [0.25, 0.3) is 0 Å². The van der Waals surface area contributed by atoms with Gasteiger partial charge in [-0.15, -0.1) is 5.10 Å². The van der Waals surface area contributed by atoms with Crippen molar-refractivity contribution in [3.8, 4) is 0 Å². The Morgan fingerprint density at radius 2 is 1.21 bits per heavy atom. The van der Waals surface area contributed by atoms with E-state index < -0.39 is 16.6 Å². The van der Waals surface area contributed by atoms with Crippen molar-refractivity contribution in [1.82, 2.24) is 0 Å². The Labute approximate surface area is 78.4 Å². The van der Waals surface area contributed by atoms with E-state index in [1.165, 1.54) is 0 Å². The molecule has 10 N–H and O–H groups in total. The van der Waals surface area contributed by atoms with E-state index in [1.807, 2.05) is 0 Å². The molecule has 0 aliphatic carbocycles. The van der Waals surface area contributed by atoms with Gasteiger partial charge in [-0.25, -0.2) is 4.79 Å². The second-order valence-corrected chi connectivity index (χ2v) is 2.18. The van der Waals surface area contributed by atoms with Gasteiger partial charge in [0.15, 0.2) is 0 Å². The first kappa shape index (κ1) is 18.1. The maximum atomic E-state index is 8.74. The molecule has 0 spiro atoms. The maximum absolute atomic E-state index is 8.74. The third-order valence-electron chi connectivity index (χ3n) is 0.149.